The number of sulfone groups is 1. The number of aryl methyl sites for hydroxylation is 3. The van der Waals surface area contributed by atoms with Gasteiger partial charge >= 0.3 is 11.8 Å². The van der Waals surface area contributed by atoms with E-state index in [1.54, 1.807) is 24.3 Å². The number of aromatic nitrogens is 2. The Morgan fingerprint density at radius 3 is 2.48 bits per heavy atom. The van der Waals surface area contributed by atoms with Gasteiger partial charge in [0, 0.05) is 13.0 Å². The van der Waals surface area contributed by atoms with Crippen LogP contribution in [-0.2, 0) is 22.7 Å². The standard InChI is InChI=1S/C21H23N3O4S/c1-16-9-11-18(12-10-16)29(26,27)15-13-19-23-21(28-24-19)20(25)22-14-5-8-17-6-3-2-4-7-17/h2-4,6-7,9-12H,5,8,13-15H2,1H3,(H,22,25). The molecule has 1 amide bonds. The Balaban J connectivity index is 1.47. The van der Waals surface area contributed by atoms with Crippen molar-refractivity contribution in [1.29, 1.82) is 0 Å². The van der Waals surface area contributed by atoms with Crippen molar-refractivity contribution in [2.75, 3.05) is 12.3 Å². The number of carbonyl (C=O) groups excluding carboxylic acids is 1. The second-order valence-electron chi connectivity index (χ2n) is 6.74. The highest BCUT2D eigenvalue weighted by molar-refractivity contribution is 7.91. The fourth-order valence-corrected chi connectivity index (χ4v) is 3.99. The van der Waals surface area contributed by atoms with E-state index in [-0.39, 0.29) is 28.8 Å². The Morgan fingerprint density at radius 1 is 1.03 bits per heavy atom. The predicted octanol–water partition coefficient (Wildman–Crippen LogP) is 2.76. The van der Waals surface area contributed by atoms with Gasteiger partial charge < -0.3 is 9.84 Å². The van der Waals surface area contributed by atoms with Gasteiger partial charge in [-0.25, -0.2) is 8.42 Å². The van der Waals surface area contributed by atoms with Crippen LogP contribution in [0.2, 0.25) is 0 Å². The van der Waals surface area contributed by atoms with Crippen LogP contribution >= 0.6 is 0 Å². The number of nitrogens with one attached hydrogen (secondary N) is 1. The van der Waals surface area contributed by atoms with Crippen LogP contribution < -0.4 is 5.32 Å². The molecular weight excluding hydrogens is 390 g/mol. The van der Waals surface area contributed by atoms with E-state index < -0.39 is 15.7 Å². The number of hydrogen-bond acceptors (Lipinski definition) is 6. The highest BCUT2D eigenvalue weighted by atomic mass is 32.2. The first-order valence-corrected chi connectivity index (χ1v) is 11.0. The fraction of sp³-hybridized carbons (Fsp3) is 0.286. The first-order chi connectivity index (χ1) is 13.9. The molecule has 0 radical (unpaired) electrons. The van der Waals surface area contributed by atoms with Gasteiger partial charge in [-0.15, -0.1) is 0 Å². The summed E-state index contributed by atoms with van der Waals surface area (Å²) in [6.45, 7) is 2.37. The molecule has 152 valence electrons. The van der Waals surface area contributed by atoms with Crippen molar-refractivity contribution in [2.24, 2.45) is 0 Å². The van der Waals surface area contributed by atoms with Crippen molar-refractivity contribution in [1.82, 2.24) is 15.5 Å². The van der Waals surface area contributed by atoms with Crippen LogP contribution in [0.25, 0.3) is 0 Å². The second-order valence-corrected chi connectivity index (χ2v) is 8.85. The molecule has 0 fully saturated rings. The lowest BCUT2D eigenvalue weighted by molar-refractivity contribution is 0.0909. The molecule has 0 unspecified atom stereocenters. The molecule has 0 saturated heterocycles. The minimum atomic E-state index is -3.45. The highest BCUT2D eigenvalue weighted by Crippen LogP contribution is 2.13. The molecule has 8 heteroatoms. The largest absolute Gasteiger partial charge is 0.348 e. The monoisotopic (exact) mass is 413 g/mol. The number of benzene rings is 2. The summed E-state index contributed by atoms with van der Waals surface area (Å²) in [5.74, 6) is -0.589. The Hall–Kier alpha value is -3.00. The topological polar surface area (TPSA) is 102 Å². The SMILES string of the molecule is Cc1ccc(S(=O)(=O)CCc2noc(C(=O)NCCCc3ccccc3)n2)cc1. The van der Waals surface area contributed by atoms with Crippen LogP contribution in [0.4, 0.5) is 0 Å². The zero-order chi connectivity index (χ0) is 20.7. The molecule has 0 aliphatic heterocycles. The van der Waals surface area contributed by atoms with Crippen LogP contribution in [-0.4, -0.2) is 36.8 Å². The average molecular weight is 413 g/mol. The van der Waals surface area contributed by atoms with Crippen molar-refractivity contribution in [3.05, 3.63) is 77.4 Å². The third-order valence-electron chi connectivity index (χ3n) is 4.41. The molecule has 1 N–H and O–H groups in total. The summed E-state index contributed by atoms with van der Waals surface area (Å²) in [6, 6.07) is 16.7. The molecule has 7 nitrogen and oxygen atoms in total. The van der Waals surface area contributed by atoms with Crippen molar-refractivity contribution in [3.63, 3.8) is 0 Å². The van der Waals surface area contributed by atoms with E-state index in [0.717, 1.165) is 18.4 Å². The zero-order valence-corrected chi connectivity index (χ0v) is 17.0. The van der Waals surface area contributed by atoms with Gasteiger partial charge in [-0.1, -0.05) is 53.2 Å². The maximum atomic E-state index is 12.4. The maximum Gasteiger partial charge on any atom is 0.315 e. The zero-order valence-electron chi connectivity index (χ0n) is 16.2. The molecule has 0 aliphatic rings. The minimum absolute atomic E-state index is 0.0704. The number of amides is 1. The lowest BCUT2D eigenvalue weighted by Crippen LogP contribution is -2.25. The van der Waals surface area contributed by atoms with Gasteiger partial charge in [0.25, 0.3) is 0 Å². The van der Waals surface area contributed by atoms with Gasteiger partial charge in [-0.2, -0.15) is 4.98 Å². The van der Waals surface area contributed by atoms with Crippen LogP contribution in [0, 0.1) is 6.92 Å². The third kappa shape index (κ3) is 5.99. The van der Waals surface area contributed by atoms with E-state index in [1.807, 2.05) is 37.3 Å². The van der Waals surface area contributed by atoms with Gasteiger partial charge in [0.1, 0.15) is 0 Å². The Bertz CT molecular complexity index is 1050. The average Bonchev–Trinajstić information content (AvgIpc) is 3.20. The van der Waals surface area contributed by atoms with Crippen LogP contribution in [0.15, 0.2) is 64.0 Å². The van der Waals surface area contributed by atoms with E-state index in [2.05, 4.69) is 15.5 Å². The number of carbonyl (C=O) groups is 1. The molecule has 0 aliphatic carbocycles. The second kappa shape index (κ2) is 9.47. The first-order valence-electron chi connectivity index (χ1n) is 9.38. The van der Waals surface area contributed by atoms with Gasteiger partial charge in [0.05, 0.1) is 10.6 Å². The molecule has 2 aromatic carbocycles. The fourth-order valence-electron chi connectivity index (χ4n) is 2.75. The summed E-state index contributed by atoms with van der Waals surface area (Å²) in [5, 5.41) is 6.45. The first kappa shape index (κ1) is 20.7. The Kier molecular flexibility index (Phi) is 6.77. The van der Waals surface area contributed by atoms with Crippen molar-refractivity contribution in [3.8, 4) is 0 Å². The van der Waals surface area contributed by atoms with Crippen LogP contribution in [0.3, 0.4) is 0 Å². The van der Waals surface area contributed by atoms with Crippen LogP contribution in [0.1, 0.15) is 34.1 Å². The summed E-state index contributed by atoms with van der Waals surface area (Å²) in [6.07, 6.45) is 1.71. The molecule has 1 aromatic heterocycles. The molecule has 0 saturated carbocycles. The van der Waals surface area contributed by atoms with Gasteiger partial charge in [-0.05, 0) is 37.5 Å². The molecule has 3 rings (SSSR count). The summed E-state index contributed by atoms with van der Waals surface area (Å²) in [4.78, 5) is 16.4. The summed E-state index contributed by atoms with van der Waals surface area (Å²) >= 11 is 0. The van der Waals surface area contributed by atoms with Gasteiger partial charge in [-0.3, -0.25) is 4.79 Å². The molecule has 0 bridgehead atoms. The maximum absolute atomic E-state index is 12.4. The summed E-state index contributed by atoms with van der Waals surface area (Å²) < 4.78 is 29.7. The number of nitrogens with zero attached hydrogens (tertiary/aromatic N) is 2. The molecule has 0 spiro atoms. The van der Waals surface area contributed by atoms with Crippen molar-refractivity contribution < 1.29 is 17.7 Å². The van der Waals surface area contributed by atoms with Gasteiger partial charge in [0.15, 0.2) is 15.7 Å². The summed E-state index contributed by atoms with van der Waals surface area (Å²) in [7, 11) is -3.45. The van der Waals surface area contributed by atoms with E-state index in [4.69, 9.17) is 4.52 Å². The van der Waals surface area contributed by atoms with E-state index in [0.29, 0.717) is 6.54 Å². The van der Waals surface area contributed by atoms with E-state index in [9.17, 15) is 13.2 Å². The molecule has 29 heavy (non-hydrogen) atoms. The Morgan fingerprint density at radius 2 is 1.76 bits per heavy atom. The molecule has 1 heterocycles. The lowest BCUT2D eigenvalue weighted by atomic mass is 10.1. The molecule has 3 aromatic rings. The predicted molar refractivity (Wildman–Crippen MR) is 108 cm³/mol. The number of rotatable bonds is 9. The highest BCUT2D eigenvalue weighted by Gasteiger charge is 2.18. The lowest BCUT2D eigenvalue weighted by Gasteiger charge is -2.03. The van der Waals surface area contributed by atoms with Crippen molar-refractivity contribution >= 4 is 15.7 Å². The summed E-state index contributed by atoms with van der Waals surface area (Å²) in [5.41, 5.74) is 2.19. The third-order valence-corrected chi connectivity index (χ3v) is 6.14. The van der Waals surface area contributed by atoms with Crippen LogP contribution in [0.5, 0.6) is 0 Å². The Labute approximate surface area is 170 Å². The number of hydrogen-bond donors (Lipinski definition) is 1. The van der Waals surface area contributed by atoms with E-state index in [1.165, 1.54) is 5.56 Å². The minimum Gasteiger partial charge on any atom is -0.348 e. The molecule has 0 atom stereocenters. The van der Waals surface area contributed by atoms with Gasteiger partial charge in [0.2, 0.25) is 0 Å². The normalized spacial score (nSPS) is 11.3. The van der Waals surface area contributed by atoms with Crippen molar-refractivity contribution in [2.45, 2.75) is 31.1 Å². The quantitative estimate of drug-likeness (QED) is 0.541. The smallest absolute Gasteiger partial charge is 0.315 e. The molecular formula is C21H23N3O4S. The van der Waals surface area contributed by atoms with E-state index >= 15 is 0 Å².